The quantitative estimate of drug-likeness (QED) is 0.166. The second-order valence-electron chi connectivity index (χ2n) is 10.8. The number of imidazole rings is 1. The summed E-state index contributed by atoms with van der Waals surface area (Å²) in [6, 6.07) is 19.9. The monoisotopic (exact) mass is 583 g/mol. The minimum absolute atomic E-state index is 0.0308. The zero-order chi connectivity index (χ0) is 30.6. The fourth-order valence-corrected chi connectivity index (χ4v) is 4.84. The van der Waals surface area contributed by atoms with Gasteiger partial charge in [-0.1, -0.05) is 86.6 Å². The number of benzene rings is 3. The summed E-state index contributed by atoms with van der Waals surface area (Å²) in [6.45, 7) is 3.93. The standard InChI is InChI=1S/C33H37N5O5/c1-22(2)15-27(19-39)36-31(40)30(17-26-18-34-21-35-26)37-32(41)29(38-33(42)43-20-23-9-4-3-5-10-23)16-25-13-8-12-24-11-6-7-14-28(24)25/h3-14,18-19,21-22,27,29-30H,15-17,20H2,1-2H3,(H,34,35)(H,36,40)(H,37,41)(H,38,42)/t27-,29?,30?/m0/s1. The topological polar surface area (TPSA) is 142 Å². The molecule has 4 rings (SSSR count). The van der Waals surface area contributed by atoms with Crippen LogP contribution in [0, 0.1) is 5.92 Å². The first-order chi connectivity index (χ1) is 20.8. The Labute approximate surface area is 250 Å². The van der Waals surface area contributed by atoms with E-state index in [4.69, 9.17) is 4.74 Å². The number of carbonyl (C=O) groups excluding carboxylic acids is 4. The summed E-state index contributed by atoms with van der Waals surface area (Å²) in [5.41, 5.74) is 2.26. The van der Waals surface area contributed by atoms with E-state index in [9.17, 15) is 19.2 Å². The Bertz CT molecular complexity index is 1500. The molecule has 0 fully saturated rings. The predicted molar refractivity (Wildman–Crippen MR) is 163 cm³/mol. The summed E-state index contributed by atoms with van der Waals surface area (Å²) in [5, 5.41) is 10.2. The van der Waals surface area contributed by atoms with Gasteiger partial charge in [0.2, 0.25) is 11.8 Å². The lowest BCUT2D eigenvalue weighted by molar-refractivity contribution is -0.131. The molecule has 3 aromatic carbocycles. The van der Waals surface area contributed by atoms with Gasteiger partial charge < -0.3 is 30.5 Å². The van der Waals surface area contributed by atoms with E-state index < -0.39 is 36.0 Å². The smallest absolute Gasteiger partial charge is 0.408 e. The maximum Gasteiger partial charge on any atom is 0.408 e. The largest absolute Gasteiger partial charge is 0.445 e. The fraction of sp³-hybridized carbons (Fsp3) is 0.303. The summed E-state index contributed by atoms with van der Waals surface area (Å²) in [4.78, 5) is 58.7. The minimum Gasteiger partial charge on any atom is -0.445 e. The number of nitrogens with one attached hydrogen (secondary N) is 4. The number of fused-ring (bicyclic) bond motifs is 1. The van der Waals surface area contributed by atoms with Crippen molar-refractivity contribution < 1.29 is 23.9 Å². The first-order valence-electron chi connectivity index (χ1n) is 14.3. The Morgan fingerprint density at radius 1 is 0.860 bits per heavy atom. The number of carbonyl (C=O) groups is 4. The predicted octanol–water partition coefficient (Wildman–Crippen LogP) is 3.86. The number of aromatic amines is 1. The highest BCUT2D eigenvalue weighted by Gasteiger charge is 2.29. The Hall–Kier alpha value is -4.99. The third-order valence-corrected chi connectivity index (χ3v) is 6.95. The number of amides is 3. The summed E-state index contributed by atoms with van der Waals surface area (Å²) < 4.78 is 5.41. The van der Waals surface area contributed by atoms with Crippen molar-refractivity contribution in [3.05, 3.63) is 102 Å². The Morgan fingerprint density at radius 3 is 2.28 bits per heavy atom. The van der Waals surface area contributed by atoms with E-state index in [1.807, 2.05) is 86.6 Å². The van der Waals surface area contributed by atoms with Gasteiger partial charge >= 0.3 is 6.09 Å². The van der Waals surface area contributed by atoms with E-state index in [2.05, 4.69) is 25.9 Å². The molecule has 0 spiro atoms. The third kappa shape index (κ3) is 9.26. The van der Waals surface area contributed by atoms with Crippen molar-refractivity contribution in [1.29, 1.82) is 0 Å². The molecule has 3 amide bonds. The van der Waals surface area contributed by atoms with Crippen LogP contribution in [0.3, 0.4) is 0 Å². The van der Waals surface area contributed by atoms with Crippen LogP contribution in [0.2, 0.25) is 0 Å². The average Bonchev–Trinajstić information content (AvgIpc) is 3.52. The Morgan fingerprint density at radius 2 is 1.56 bits per heavy atom. The van der Waals surface area contributed by atoms with Gasteiger partial charge in [-0.25, -0.2) is 9.78 Å². The third-order valence-electron chi connectivity index (χ3n) is 6.95. The lowest BCUT2D eigenvalue weighted by Gasteiger charge is -2.24. The van der Waals surface area contributed by atoms with Crippen LogP contribution in [0.25, 0.3) is 10.8 Å². The van der Waals surface area contributed by atoms with Crippen molar-refractivity contribution in [2.24, 2.45) is 5.92 Å². The van der Waals surface area contributed by atoms with Crippen molar-refractivity contribution in [1.82, 2.24) is 25.9 Å². The Balaban J connectivity index is 1.56. The molecule has 224 valence electrons. The number of ether oxygens (including phenoxy) is 1. The molecule has 4 N–H and O–H groups in total. The highest BCUT2D eigenvalue weighted by atomic mass is 16.5. The molecule has 43 heavy (non-hydrogen) atoms. The van der Waals surface area contributed by atoms with E-state index >= 15 is 0 Å². The number of hydrogen-bond acceptors (Lipinski definition) is 6. The van der Waals surface area contributed by atoms with Gasteiger partial charge in [0, 0.05) is 24.7 Å². The van der Waals surface area contributed by atoms with Crippen molar-refractivity contribution >= 4 is 35.0 Å². The zero-order valence-corrected chi connectivity index (χ0v) is 24.3. The van der Waals surface area contributed by atoms with Crippen LogP contribution in [0.15, 0.2) is 85.3 Å². The van der Waals surface area contributed by atoms with Gasteiger partial charge in [-0.15, -0.1) is 0 Å². The van der Waals surface area contributed by atoms with E-state index in [0.29, 0.717) is 18.4 Å². The molecule has 0 aliphatic rings. The van der Waals surface area contributed by atoms with E-state index in [1.165, 1.54) is 6.33 Å². The first kappa shape index (κ1) is 31.0. The van der Waals surface area contributed by atoms with Crippen LogP contribution < -0.4 is 16.0 Å². The second kappa shape index (κ2) is 15.3. The number of aromatic nitrogens is 2. The number of nitrogens with zero attached hydrogens (tertiary/aromatic N) is 1. The molecule has 1 heterocycles. The molecule has 0 saturated heterocycles. The summed E-state index contributed by atoms with van der Waals surface area (Å²) in [5.74, 6) is -0.917. The van der Waals surface area contributed by atoms with Crippen molar-refractivity contribution in [3.63, 3.8) is 0 Å². The minimum atomic E-state index is -1.07. The molecular weight excluding hydrogens is 546 g/mol. The van der Waals surface area contributed by atoms with E-state index in [-0.39, 0.29) is 25.4 Å². The van der Waals surface area contributed by atoms with E-state index in [0.717, 1.165) is 21.9 Å². The van der Waals surface area contributed by atoms with Gasteiger partial charge in [-0.05, 0) is 34.2 Å². The number of H-pyrrole nitrogens is 1. The van der Waals surface area contributed by atoms with Crippen molar-refractivity contribution in [2.45, 2.75) is 57.8 Å². The SMILES string of the molecule is CC(C)C[C@@H](C=O)NC(=O)C(Cc1cnc[nH]1)NC(=O)C(Cc1cccc2ccccc12)NC(=O)OCc1ccccc1. The van der Waals surface area contributed by atoms with Crippen LogP contribution in [0.5, 0.6) is 0 Å². The molecule has 0 bridgehead atoms. The Kier molecular flexibility index (Phi) is 11.0. The second-order valence-corrected chi connectivity index (χ2v) is 10.8. The van der Waals surface area contributed by atoms with Gasteiger partial charge in [0.05, 0.1) is 12.4 Å². The summed E-state index contributed by atoms with van der Waals surface area (Å²) >= 11 is 0. The van der Waals surface area contributed by atoms with Crippen molar-refractivity contribution in [2.75, 3.05) is 0 Å². The highest BCUT2D eigenvalue weighted by Crippen LogP contribution is 2.20. The maximum atomic E-state index is 13.8. The lowest BCUT2D eigenvalue weighted by atomic mass is 9.98. The lowest BCUT2D eigenvalue weighted by Crippen LogP contribution is -2.56. The number of aldehydes is 1. The van der Waals surface area contributed by atoms with Crippen LogP contribution in [-0.4, -0.2) is 52.3 Å². The van der Waals surface area contributed by atoms with E-state index in [1.54, 1.807) is 6.20 Å². The molecular formula is C33H37N5O5. The molecule has 0 saturated carbocycles. The molecule has 0 radical (unpaired) electrons. The summed E-state index contributed by atoms with van der Waals surface area (Å²) in [6.07, 6.45) is 3.67. The fourth-order valence-electron chi connectivity index (χ4n) is 4.84. The van der Waals surface area contributed by atoms with Crippen LogP contribution in [-0.2, 0) is 38.6 Å². The molecule has 3 atom stereocenters. The normalized spacial score (nSPS) is 13.1. The average molecular weight is 584 g/mol. The molecule has 1 aromatic heterocycles. The van der Waals surface area contributed by atoms with Gasteiger partial charge in [0.1, 0.15) is 25.0 Å². The van der Waals surface area contributed by atoms with Gasteiger partial charge in [-0.3, -0.25) is 9.59 Å². The molecule has 10 nitrogen and oxygen atoms in total. The molecule has 2 unspecified atom stereocenters. The molecule has 4 aromatic rings. The van der Waals surface area contributed by atoms with Crippen molar-refractivity contribution in [3.8, 4) is 0 Å². The molecule has 0 aliphatic carbocycles. The molecule has 10 heteroatoms. The number of rotatable bonds is 14. The maximum absolute atomic E-state index is 13.8. The zero-order valence-electron chi connectivity index (χ0n) is 24.3. The highest BCUT2D eigenvalue weighted by molar-refractivity contribution is 5.93. The number of hydrogen-bond donors (Lipinski definition) is 4. The van der Waals surface area contributed by atoms with Crippen LogP contribution in [0.1, 0.15) is 37.1 Å². The molecule has 0 aliphatic heterocycles. The van der Waals surface area contributed by atoms with Gasteiger partial charge in [-0.2, -0.15) is 0 Å². The van der Waals surface area contributed by atoms with Crippen LogP contribution in [0.4, 0.5) is 4.79 Å². The van der Waals surface area contributed by atoms with Gasteiger partial charge in [0.15, 0.2) is 0 Å². The van der Waals surface area contributed by atoms with Gasteiger partial charge in [0.25, 0.3) is 0 Å². The summed E-state index contributed by atoms with van der Waals surface area (Å²) in [7, 11) is 0. The number of alkyl carbamates (subject to hydrolysis) is 1. The first-order valence-corrected chi connectivity index (χ1v) is 14.3. The van der Waals surface area contributed by atoms with Crippen LogP contribution >= 0.6 is 0 Å².